The predicted octanol–water partition coefficient (Wildman–Crippen LogP) is 2.57. The van der Waals surface area contributed by atoms with Crippen molar-refractivity contribution in [1.29, 1.82) is 0 Å². The average molecular weight is 317 g/mol. The lowest BCUT2D eigenvalue weighted by atomic mass is 10.3. The fraction of sp³-hybridized carbons (Fsp3) is 0.333. The Hall–Kier alpha value is -2.90. The van der Waals surface area contributed by atoms with E-state index in [0.717, 1.165) is 18.7 Å². The van der Waals surface area contributed by atoms with Gasteiger partial charge in [0.25, 0.3) is 0 Å². The monoisotopic (exact) mass is 317 g/mol. The number of hydrogen-bond donors (Lipinski definition) is 1. The summed E-state index contributed by atoms with van der Waals surface area (Å²) in [5.74, 6) is 1.08. The fourth-order valence-electron chi connectivity index (χ4n) is 1.85. The molecule has 23 heavy (non-hydrogen) atoms. The van der Waals surface area contributed by atoms with Crippen molar-refractivity contribution in [3.63, 3.8) is 0 Å². The van der Waals surface area contributed by atoms with E-state index >= 15 is 0 Å². The van der Waals surface area contributed by atoms with Gasteiger partial charge in [0.2, 0.25) is 5.82 Å². The zero-order valence-electron chi connectivity index (χ0n) is 13.1. The summed E-state index contributed by atoms with van der Waals surface area (Å²) in [6.07, 6.45) is 3.94. The number of hydrogen-bond acceptors (Lipinski definition) is 5. The molecule has 0 bridgehead atoms. The van der Waals surface area contributed by atoms with E-state index in [-0.39, 0.29) is 12.4 Å². The van der Waals surface area contributed by atoms with Crippen molar-refractivity contribution in [1.82, 2.24) is 14.9 Å². The second-order valence-corrected chi connectivity index (χ2v) is 4.84. The van der Waals surface area contributed by atoms with Crippen LogP contribution in [0.25, 0.3) is 0 Å². The minimum absolute atomic E-state index is 0.0622. The van der Waals surface area contributed by atoms with Gasteiger partial charge in [0, 0.05) is 6.54 Å². The number of ether oxygens (including phenoxy) is 1. The summed E-state index contributed by atoms with van der Waals surface area (Å²) >= 11 is 0. The van der Waals surface area contributed by atoms with Gasteiger partial charge >= 0.3 is 5.82 Å². The molecular weight excluding hydrogens is 298 g/mol. The molecule has 0 fully saturated rings. The first-order chi connectivity index (χ1) is 11.1. The van der Waals surface area contributed by atoms with Crippen LogP contribution in [-0.2, 0) is 13.7 Å². The Kier molecular flexibility index (Phi) is 5.67. The Morgan fingerprint density at radius 2 is 2.17 bits per heavy atom. The number of nitro groups is 1. The van der Waals surface area contributed by atoms with Crippen LogP contribution < -0.4 is 10.1 Å². The van der Waals surface area contributed by atoms with Crippen LogP contribution in [0.2, 0.25) is 0 Å². The van der Waals surface area contributed by atoms with Crippen molar-refractivity contribution >= 4 is 17.8 Å². The van der Waals surface area contributed by atoms with E-state index < -0.39 is 4.92 Å². The van der Waals surface area contributed by atoms with E-state index in [0.29, 0.717) is 11.6 Å². The van der Waals surface area contributed by atoms with Crippen LogP contribution in [-0.4, -0.2) is 27.4 Å². The number of rotatable bonds is 8. The second-order valence-electron chi connectivity index (χ2n) is 4.84. The van der Waals surface area contributed by atoms with Gasteiger partial charge in [-0.2, -0.15) is 0 Å². The maximum absolute atomic E-state index is 10.8. The third-order valence-corrected chi connectivity index (χ3v) is 3.15. The average Bonchev–Trinajstić information content (AvgIpc) is 2.92. The maximum Gasteiger partial charge on any atom is 0.342 e. The topological polar surface area (TPSA) is 94.6 Å². The van der Waals surface area contributed by atoms with Crippen LogP contribution in [0.1, 0.15) is 19.2 Å². The molecule has 1 heterocycles. The third kappa shape index (κ3) is 4.53. The summed E-state index contributed by atoms with van der Waals surface area (Å²) in [7, 11) is 1.59. The van der Waals surface area contributed by atoms with Crippen LogP contribution in [0, 0.1) is 10.1 Å². The maximum atomic E-state index is 10.8. The third-order valence-electron chi connectivity index (χ3n) is 3.15. The Morgan fingerprint density at radius 3 is 2.78 bits per heavy atom. The first-order valence-corrected chi connectivity index (χ1v) is 7.25. The zero-order valence-corrected chi connectivity index (χ0v) is 13.1. The molecule has 0 unspecified atom stereocenters. The molecule has 2 rings (SSSR count). The van der Waals surface area contributed by atoms with Gasteiger partial charge in [-0.3, -0.25) is 0 Å². The summed E-state index contributed by atoms with van der Waals surface area (Å²) < 4.78 is 6.99. The van der Waals surface area contributed by atoms with Crippen molar-refractivity contribution < 1.29 is 9.66 Å². The standard InChI is InChI=1S/C15H19N5O3/c1-3-8-16-11-18-12-4-6-13(7-5-12)23-10-14-17-9-15(19(14)2)20(21)22/h4-7,9,11H,3,8,10H2,1-2H3,(H,16,18). The second kappa shape index (κ2) is 7.92. The molecule has 0 aliphatic rings. The molecule has 2 aromatic rings. The van der Waals surface area contributed by atoms with Gasteiger partial charge in [0.05, 0.1) is 19.1 Å². The summed E-state index contributed by atoms with van der Waals surface area (Å²) in [6, 6.07) is 7.26. The van der Waals surface area contributed by atoms with Gasteiger partial charge in [0.15, 0.2) is 6.61 Å². The number of nitrogens with zero attached hydrogens (tertiary/aromatic N) is 4. The normalized spacial score (nSPS) is 10.9. The summed E-state index contributed by atoms with van der Waals surface area (Å²) in [5, 5.41) is 13.8. The first kappa shape index (κ1) is 16.5. The highest BCUT2D eigenvalue weighted by molar-refractivity contribution is 5.61. The molecule has 0 aliphatic heterocycles. The van der Waals surface area contributed by atoms with Gasteiger partial charge in [0.1, 0.15) is 11.9 Å². The summed E-state index contributed by atoms with van der Waals surface area (Å²) in [6.45, 7) is 3.13. The highest BCUT2D eigenvalue weighted by Gasteiger charge is 2.16. The Bertz CT molecular complexity index is 679. The zero-order chi connectivity index (χ0) is 16.7. The van der Waals surface area contributed by atoms with E-state index in [9.17, 15) is 10.1 Å². The van der Waals surface area contributed by atoms with E-state index in [1.807, 2.05) is 12.1 Å². The van der Waals surface area contributed by atoms with E-state index in [1.54, 1.807) is 25.5 Å². The minimum atomic E-state index is -0.476. The van der Waals surface area contributed by atoms with E-state index in [1.165, 1.54) is 10.8 Å². The SMILES string of the molecule is CCCN/C=N/c1ccc(OCc2ncc([N+](=O)[O-])n2C)cc1. The molecule has 1 N–H and O–H groups in total. The van der Waals surface area contributed by atoms with E-state index in [2.05, 4.69) is 22.2 Å². The van der Waals surface area contributed by atoms with Gasteiger partial charge in [-0.1, -0.05) is 6.92 Å². The predicted molar refractivity (Wildman–Crippen MR) is 87.1 cm³/mol. The van der Waals surface area contributed by atoms with Crippen LogP contribution >= 0.6 is 0 Å². The lowest BCUT2D eigenvalue weighted by Crippen LogP contribution is -2.10. The Balaban J connectivity index is 1.91. The molecule has 0 amide bonds. The van der Waals surface area contributed by atoms with Gasteiger partial charge in [-0.25, -0.2) is 14.5 Å². The van der Waals surface area contributed by atoms with Crippen molar-refractivity contribution in [2.75, 3.05) is 6.54 Å². The van der Waals surface area contributed by atoms with Crippen LogP contribution in [0.3, 0.4) is 0 Å². The molecule has 0 spiro atoms. The Labute approximate surface area is 134 Å². The molecule has 1 aromatic carbocycles. The molecule has 0 atom stereocenters. The largest absolute Gasteiger partial charge is 0.483 e. The van der Waals surface area contributed by atoms with Gasteiger partial charge in [-0.05, 0) is 35.6 Å². The van der Waals surface area contributed by atoms with Crippen LogP contribution in [0.5, 0.6) is 5.75 Å². The first-order valence-electron chi connectivity index (χ1n) is 7.25. The lowest BCUT2D eigenvalue weighted by molar-refractivity contribution is -0.391. The number of imidazole rings is 1. The number of aromatic nitrogens is 2. The minimum Gasteiger partial charge on any atom is -0.483 e. The summed E-state index contributed by atoms with van der Waals surface area (Å²) in [5.41, 5.74) is 0.814. The molecule has 122 valence electrons. The Morgan fingerprint density at radius 1 is 1.43 bits per heavy atom. The number of nitrogens with one attached hydrogen (secondary N) is 1. The molecule has 8 nitrogen and oxygen atoms in total. The van der Waals surface area contributed by atoms with Crippen LogP contribution in [0.15, 0.2) is 35.5 Å². The fourth-order valence-corrected chi connectivity index (χ4v) is 1.85. The van der Waals surface area contributed by atoms with E-state index in [4.69, 9.17) is 4.74 Å². The van der Waals surface area contributed by atoms with Crippen LogP contribution in [0.4, 0.5) is 11.5 Å². The molecule has 1 aromatic heterocycles. The molecule has 8 heteroatoms. The lowest BCUT2D eigenvalue weighted by Gasteiger charge is -2.04. The smallest absolute Gasteiger partial charge is 0.342 e. The van der Waals surface area contributed by atoms with Crippen molar-refractivity contribution in [2.24, 2.45) is 12.0 Å². The highest BCUT2D eigenvalue weighted by atomic mass is 16.6. The molecule has 0 aliphatic carbocycles. The highest BCUT2D eigenvalue weighted by Crippen LogP contribution is 2.19. The van der Waals surface area contributed by atoms with Gasteiger partial charge in [-0.15, -0.1) is 0 Å². The van der Waals surface area contributed by atoms with Crippen molar-refractivity contribution in [3.8, 4) is 5.75 Å². The molecular formula is C15H19N5O3. The number of benzene rings is 1. The number of aliphatic imine (C=N–C) groups is 1. The summed E-state index contributed by atoms with van der Waals surface area (Å²) in [4.78, 5) is 18.5. The molecule has 0 saturated heterocycles. The van der Waals surface area contributed by atoms with Crippen molar-refractivity contribution in [3.05, 3.63) is 46.4 Å². The van der Waals surface area contributed by atoms with Crippen molar-refractivity contribution in [2.45, 2.75) is 20.0 Å². The van der Waals surface area contributed by atoms with Gasteiger partial charge < -0.3 is 20.2 Å². The molecule has 0 saturated carbocycles. The quantitative estimate of drug-likeness (QED) is 0.265. The molecule has 0 radical (unpaired) electrons.